The normalized spacial score (nSPS) is 22.5. The molecule has 1 heterocycles. The summed E-state index contributed by atoms with van der Waals surface area (Å²) < 4.78 is 4.81. The summed E-state index contributed by atoms with van der Waals surface area (Å²) >= 11 is 1.56. The molecule has 86 valence electrons. The van der Waals surface area contributed by atoms with Crippen LogP contribution in [0.25, 0.3) is 0 Å². The number of thioether (sulfide) groups is 1. The molecule has 0 aromatic carbocycles. The van der Waals surface area contributed by atoms with Gasteiger partial charge in [-0.25, -0.2) is 0 Å². The summed E-state index contributed by atoms with van der Waals surface area (Å²) in [6.07, 6.45) is 1.21. The van der Waals surface area contributed by atoms with Crippen LogP contribution in [0.4, 0.5) is 0 Å². The lowest BCUT2D eigenvalue weighted by Crippen LogP contribution is -2.30. The SMILES string of the molecule is NC(CCSCC1CCOC1=O)C(=O)O. The van der Waals surface area contributed by atoms with Gasteiger partial charge in [0, 0.05) is 5.75 Å². The highest BCUT2D eigenvalue weighted by Gasteiger charge is 2.26. The lowest BCUT2D eigenvalue weighted by molar-refractivity contribution is -0.141. The van der Waals surface area contributed by atoms with Gasteiger partial charge < -0.3 is 15.6 Å². The molecule has 3 N–H and O–H groups in total. The molecule has 0 spiro atoms. The van der Waals surface area contributed by atoms with Crippen molar-refractivity contribution < 1.29 is 19.4 Å². The molecule has 0 saturated carbocycles. The molecule has 5 nitrogen and oxygen atoms in total. The number of rotatable bonds is 6. The van der Waals surface area contributed by atoms with E-state index >= 15 is 0 Å². The molecule has 1 saturated heterocycles. The Balaban J connectivity index is 2.06. The molecule has 1 aliphatic rings. The molecule has 0 radical (unpaired) electrons. The van der Waals surface area contributed by atoms with Crippen molar-refractivity contribution in [1.29, 1.82) is 0 Å². The Morgan fingerprint density at radius 1 is 1.73 bits per heavy atom. The first-order valence-corrected chi connectivity index (χ1v) is 5.99. The fourth-order valence-electron chi connectivity index (χ4n) is 1.25. The number of nitrogens with two attached hydrogens (primary N) is 1. The van der Waals surface area contributed by atoms with Gasteiger partial charge in [0.15, 0.2) is 0 Å². The Morgan fingerprint density at radius 3 is 3.00 bits per heavy atom. The van der Waals surface area contributed by atoms with Crippen LogP contribution < -0.4 is 5.73 Å². The van der Waals surface area contributed by atoms with Crippen LogP contribution in [0.1, 0.15) is 12.8 Å². The van der Waals surface area contributed by atoms with Crippen molar-refractivity contribution in [3.63, 3.8) is 0 Å². The first-order chi connectivity index (χ1) is 7.11. The molecule has 0 aromatic heterocycles. The van der Waals surface area contributed by atoms with Crippen LogP contribution in [-0.4, -0.2) is 41.2 Å². The van der Waals surface area contributed by atoms with E-state index in [1.54, 1.807) is 11.8 Å². The van der Waals surface area contributed by atoms with Crippen molar-refractivity contribution in [3.05, 3.63) is 0 Å². The van der Waals surface area contributed by atoms with Crippen molar-refractivity contribution in [3.8, 4) is 0 Å². The second-order valence-electron chi connectivity index (χ2n) is 3.46. The van der Waals surface area contributed by atoms with Gasteiger partial charge in [0.1, 0.15) is 6.04 Å². The van der Waals surface area contributed by atoms with Crippen LogP contribution in [0.3, 0.4) is 0 Å². The van der Waals surface area contributed by atoms with Gasteiger partial charge in [-0.2, -0.15) is 11.8 Å². The highest BCUT2D eigenvalue weighted by molar-refractivity contribution is 7.99. The molecule has 1 aliphatic heterocycles. The molecule has 0 bridgehead atoms. The lowest BCUT2D eigenvalue weighted by Gasteiger charge is -2.07. The van der Waals surface area contributed by atoms with Crippen LogP contribution in [-0.2, 0) is 14.3 Å². The van der Waals surface area contributed by atoms with Gasteiger partial charge in [0.05, 0.1) is 12.5 Å². The first-order valence-electron chi connectivity index (χ1n) is 4.84. The quantitative estimate of drug-likeness (QED) is 0.499. The summed E-state index contributed by atoms with van der Waals surface area (Å²) in [6.45, 7) is 0.513. The number of carboxylic acids is 1. The third-order valence-electron chi connectivity index (χ3n) is 2.25. The van der Waals surface area contributed by atoms with Crippen molar-refractivity contribution in [2.75, 3.05) is 18.1 Å². The third kappa shape index (κ3) is 4.09. The number of carbonyl (C=O) groups excluding carboxylic acids is 1. The largest absolute Gasteiger partial charge is 0.480 e. The average molecular weight is 233 g/mol. The van der Waals surface area contributed by atoms with Crippen molar-refractivity contribution in [2.24, 2.45) is 11.7 Å². The van der Waals surface area contributed by atoms with E-state index in [1.165, 1.54) is 0 Å². The highest BCUT2D eigenvalue weighted by atomic mass is 32.2. The van der Waals surface area contributed by atoms with E-state index in [2.05, 4.69) is 0 Å². The van der Waals surface area contributed by atoms with Crippen LogP contribution in [0.15, 0.2) is 0 Å². The first kappa shape index (κ1) is 12.3. The summed E-state index contributed by atoms with van der Waals surface area (Å²) in [6, 6.07) is -0.798. The Hall–Kier alpha value is -0.750. The van der Waals surface area contributed by atoms with E-state index in [0.29, 0.717) is 24.5 Å². The van der Waals surface area contributed by atoms with Gasteiger partial charge in [0.25, 0.3) is 0 Å². The standard InChI is InChI=1S/C9H15NO4S/c10-7(8(11)12)2-4-15-5-6-1-3-14-9(6)13/h6-7H,1-5,10H2,(H,11,12). The summed E-state index contributed by atoms with van der Waals surface area (Å²) in [5, 5.41) is 8.53. The van der Waals surface area contributed by atoms with Gasteiger partial charge in [0.2, 0.25) is 0 Å². The van der Waals surface area contributed by atoms with E-state index in [9.17, 15) is 9.59 Å². The van der Waals surface area contributed by atoms with Gasteiger partial charge in [-0.15, -0.1) is 0 Å². The number of aliphatic carboxylic acids is 1. The third-order valence-corrected chi connectivity index (χ3v) is 3.42. The van der Waals surface area contributed by atoms with Gasteiger partial charge >= 0.3 is 11.9 Å². The predicted octanol–water partition coefficient (Wildman–Crippen LogP) is 0.0847. The molecular formula is C9H15NO4S. The van der Waals surface area contributed by atoms with E-state index in [4.69, 9.17) is 15.6 Å². The van der Waals surface area contributed by atoms with Crippen molar-refractivity contribution in [2.45, 2.75) is 18.9 Å². The maximum absolute atomic E-state index is 11.1. The second kappa shape index (κ2) is 5.97. The fourth-order valence-corrected chi connectivity index (χ4v) is 2.42. The number of hydrogen-bond acceptors (Lipinski definition) is 5. The molecule has 15 heavy (non-hydrogen) atoms. The van der Waals surface area contributed by atoms with E-state index in [0.717, 1.165) is 6.42 Å². The minimum absolute atomic E-state index is 0.0175. The zero-order valence-electron chi connectivity index (χ0n) is 8.35. The molecule has 2 atom stereocenters. The number of carbonyl (C=O) groups is 2. The minimum atomic E-state index is -0.976. The summed E-state index contributed by atoms with van der Waals surface area (Å²) in [5.74, 6) is 0.236. The number of carboxylic acid groups (broad SMARTS) is 1. The minimum Gasteiger partial charge on any atom is -0.480 e. The fraction of sp³-hybridized carbons (Fsp3) is 0.778. The van der Waals surface area contributed by atoms with Crippen LogP contribution in [0, 0.1) is 5.92 Å². The number of ether oxygens (including phenoxy) is 1. The Morgan fingerprint density at radius 2 is 2.47 bits per heavy atom. The van der Waals surface area contributed by atoms with E-state index in [1.807, 2.05) is 0 Å². The monoisotopic (exact) mass is 233 g/mol. The smallest absolute Gasteiger partial charge is 0.320 e. The van der Waals surface area contributed by atoms with Crippen LogP contribution >= 0.6 is 11.8 Å². The van der Waals surface area contributed by atoms with Crippen molar-refractivity contribution in [1.82, 2.24) is 0 Å². The molecular weight excluding hydrogens is 218 g/mol. The predicted molar refractivity (Wildman–Crippen MR) is 56.6 cm³/mol. The highest BCUT2D eigenvalue weighted by Crippen LogP contribution is 2.20. The number of hydrogen-bond donors (Lipinski definition) is 2. The Kier molecular flexibility index (Phi) is 4.90. The second-order valence-corrected chi connectivity index (χ2v) is 4.61. The summed E-state index contributed by atoms with van der Waals surface area (Å²) in [7, 11) is 0. The molecule has 2 unspecified atom stereocenters. The molecule has 0 aromatic rings. The Bertz CT molecular complexity index is 246. The zero-order chi connectivity index (χ0) is 11.3. The Labute approximate surface area is 92.3 Å². The van der Waals surface area contributed by atoms with Crippen LogP contribution in [0.2, 0.25) is 0 Å². The number of cyclic esters (lactones) is 1. The van der Waals surface area contributed by atoms with Gasteiger partial charge in [-0.05, 0) is 18.6 Å². The van der Waals surface area contributed by atoms with Gasteiger partial charge in [-0.3, -0.25) is 9.59 Å². The molecule has 0 aliphatic carbocycles. The zero-order valence-corrected chi connectivity index (χ0v) is 9.16. The van der Waals surface area contributed by atoms with Gasteiger partial charge in [-0.1, -0.05) is 0 Å². The average Bonchev–Trinajstić information content (AvgIpc) is 2.58. The maximum atomic E-state index is 11.1. The van der Waals surface area contributed by atoms with E-state index < -0.39 is 12.0 Å². The number of esters is 1. The molecule has 0 amide bonds. The topological polar surface area (TPSA) is 89.6 Å². The molecule has 1 fully saturated rings. The lowest BCUT2D eigenvalue weighted by atomic mass is 10.1. The molecule has 6 heteroatoms. The molecule has 1 rings (SSSR count). The van der Waals surface area contributed by atoms with E-state index in [-0.39, 0.29) is 11.9 Å². The maximum Gasteiger partial charge on any atom is 0.320 e. The summed E-state index contributed by atoms with van der Waals surface area (Å²) in [5.41, 5.74) is 5.33. The van der Waals surface area contributed by atoms with Crippen molar-refractivity contribution >= 4 is 23.7 Å². The van der Waals surface area contributed by atoms with Crippen LogP contribution in [0.5, 0.6) is 0 Å². The summed E-state index contributed by atoms with van der Waals surface area (Å²) in [4.78, 5) is 21.4.